The monoisotopic (exact) mass is 358 g/mol. The Balaban J connectivity index is 2.33. The van der Waals surface area contributed by atoms with Crippen LogP contribution in [0, 0.1) is 5.92 Å². The number of carbonyl (C=O) groups is 3. The second-order valence-electron chi connectivity index (χ2n) is 7.02. The van der Waals surface area contributed by atoms with Crippen LogP contribution in [-0.4, -0.2) is 59.2 Å². The van der Waals surface area contributed by atoms with E-state index in [0.717, 1.165) is 15.8 Å². The minimum atomic E-state index is -0.835. The summed E-state index contributed by atoms with van der Waals surface area (Å²) in [7, 11) is 3.15. The molecule has 0 aliphatic heterocycles. The van der Waals surface area contributed by atoms with Crippen molar-refractivity contribution >= 4 is 28.6 Å². The summed E-state index contributed by atoms with van der Waals surface area (Å²) in [6, 6.07) is 8.26. The van der Waals surface area contributed by atoms with Crippen molar-refractivity contribution in [3.63, 3.8) is 0 Å². The Morgan fingerprint density at radius 3 is 2.38 bits per heavy atom. The number of imide groups is 1. The van der Waals surface area contributed by atoms with Crippen LogP contribution < -0.4 is 5.73 Å². The number of carbonyl (C=O) groups excluding carboxylic acids is 3. The number of nitrogens with one attached hydrogen (secondary N) is 1. The normalized spacial score (nSPS) is 12.2. The number of H-pyrrole nitrogens is 1. The van der Waals surface area contributed by atoms with E-state index in [-0.39, 0.29) is 24.1 Å². The molecule has 140 valence electrons. The average Bonchev–Trinajstić information content (AvgIpc) is 3.01. The smallest absolute Gasteiger partial charge is 0.277 e. The highest BCUT2D eigenvalue weighted by atomic mass is 16.2. The fourth-order valence-corrected chi connectivity index (χ4v) is 2.67. The van der Waals surface area contributed by atoms with Gasteiger partial charge in [0.1, 0.15) is 12.2 Å². The number of likely N-dealkylation sites (N-methyl/N-ethyl adjacent to an activating group) is 1. The number of nitrogens with two attached hydrogens (primary N) is 1. The Hall–Kier alpha value is -2.67. The molecule has 3 amide bonds. The average molecular weight is 358 g/mol. The van der Waals surface area contributed by atoms with Gasteiger partial charge in [-0.3, -0.25) is 19.3 Å². The molecule has 1 heterocycles. The number of hydrogen-bond acceptors (Lipinski definition) is 4. The zero-order valence-corrected chi connectivity index (χ0v) is 15.7. The molecular weight excluding hydrogens is 332 g/mol. The molecule has 26 heavy (non-hydrogen) atoms. The van der Waals surface area contributed by atoms with Gasteiger partial charge in [0.25, 0.3) is 5.91 Å². The third-order valence-electron chi connectivity index (χ3n) is 4.11. The van der Waals surface area contributed by atoms with Crippen molar-refractivity contribution in [1.29, 1.82) is 0 Å². The van der Waals surface area contributed by atoms with Gasteiger partial charge in [-0.15, -0.1) is 0 Å². The van der Waals surface area contributed by atoms with Crippen molar-refractivity contribution in [3.05, 3.63) is 36.0 Å². The summed E-state index contributed by atoms with van der Waals surface area (Å²) >= 11 is 0. The first-order chi connectivity index (χ1) is 12.2. The van der Waals surface area contributed by atoms with E-state index in [1.807, 2.05) is 38.1 Å². The quantitative estimate of drug-likeness (QED) is 0.819. The minimum Gasteiger partial charge on any atom is -0.351 e. The van der Waals surface area contributed by atoms with Crippen LogP contribution in [0.25, 0.3) is 10.9 Å². The van der Waals surface area contributed by atoms with Crippen LogP contribution >= 0.6 is 0 Å². The molecule has 7 heteroatoms. The van der Waals surface area contributed by atoms with E-state index < -0.39 is 17.9 Å². The highest BCUT2D eigenvalue weighted by Crippen LogP contribution is 2.17. The second kappa shape index (κ2) is 8.14. The van der Waals surface area contributed by atoms with Gasteiger partial charge < -0.3 is 15.6 Å². The first kappa shape index (κ1) is 19.7. The molecule has 0 saturated heterocycles. The van der Waals surface area contributed by atoms with Crippen molar-refractivity contribution in [2.24, 2.45) is 11.7 Å². The maximum absolute atomic E-state index is 13.0. The van der Waals surface area contributed by atoms with Gasteiger partial charge in [-0.05, 0) is 24.5 Å². The van der Waals surface area contributed by atoms with Crippen LogP contribution in [0.3, 0.4) is 0 Å². The lowest BCUT2D eigenvalue weighted by atomic mass is 10.0. The largest absolute Gasteiger partial charge is 0.351 e. The van der Waals surface area contributed by atoms with E-state index in [4.69, 9.17) is 5.73 Å². The lowest BCUT2D eigenvalue weighted by molar-refractivity contribution is -0.137. The predicted molar refractivity (Wildman–Crippen MR) is 100 cm³/mol. The lowest BCUT2D eigenvalue weighted by Gasteiger charge is -2.25. The summed E-state index contributed by atoms with van der Waals surface area (Å²) in [5.41, 5.74) is 7.02. The van der Waals surface area contributed by atoms with Crippen LogP contribution in [0.5, 0.6) is 0 Å². The minimum absolute atomic E-state index is 0.198. The van der Waals surface area contributed by atoms with E-state index in [0.29, 0.717) is 6.42 Å². The highest BCUT2D eigenvalue weighted by molar-refractivity contribution is 6.09. The zero-order chi connectivity index (χ0) is 19.4. The summed E-state index contributed by atoms with van der Waals surface area (Å²) in [6.45, 7) is 3.55. The molecule has 0 saturated carbocycles. The summed E-state index contributed by atoms with van der Waals surface area (Å²) in [6.07, 6.45) is 0.436. The Labute approximate surface area is 153 Å². The van der Waals surface area contributed by atoms with E-state index in [2.05, 4.69) is 4.98 Å². The van der Waals surface area contributed by atoms with E-state index >= 15 is 0 Å². The molecule has 0 aliphatic carbocycles. The van der Waals surface area contributed by atoms with Crippen LogP contribution in [0.1, 0.15) is 30.8 Å². The van der Waals surface area contributed by atoms with Gasteiger partial charge in [0.15, 0.2) is 0 Å². The summed E-state index contributed by atoms with van der Waals surface area (Å²) in [4.78, 5) is 43.1. The molecule has 0 radical (unpaired) electrons. The van der Waals surface area contributed by atoms with Crippen LogP contribution in [0.4, 0.5) is 0 Å². The van der Waals surface area contributed by atoms with Crippen molar-refractivity contribution in [3.8, 4) is 0 Å². The number of para-hydroxylation sites is 1. The summed E-state index contributed by atoms with van der Waals surface area (Å²) < 4.78 is 0. The number of benzene rings is 1. The molecule has 0 aliphatic rings. The van der Waals surface area contributed by atoms with Gasteiger partial charge in [0, 0.05) is 25.0 Å². The molecule has 1 atom stereocenters. The Bertz CT molecular complexity index is 777. The molecular formula is C19H26N4O3. The fourth-order valence-electron chi connectivity index (χ4n) is 2.67. The highest BCUT2D eigenvalue weighted by Gasteiger charge is 2.30. The van der Waals surface area contributed by atoms with Crippen LogP contribution in [0.2, 0.25) is 0 Å². The summed E-state index contributed by atoms with van der Waals surface area (Å²) in [5.74, 6) is -1.25. The number of aromatic nitrogens is 1. The fraction of sp³-hybridized carbons (Fsp3) is 0.421. The van der Waals surface area contributed by atoms with Crippen molar-refractivity contribution in [1.82, 2.24) is 14.8 Å². The third-order valence-corrected chi connectivity index (χ3v) is 4.11. The van der Waals surface area contributed by atoms with E-state index in [1.165, 1.54) is 4.90 Å². The predicted octanol–water partition coefficient (Wildman–Crippen LogP) is 1.60. The Morgan fingerprint density at radius 2 is 1.81 bits per heavy atom. The molecule has 0 unspecified atom stereocenters. The molecule has 3 N–H and O–H groups in total. The first-order valence-electron chi connectivity index (χ1n) is 8.60. The van der Waals surface area contributed by atoms with Gasteiger partial charge in [-0.2, -0.15) is 0 Å². The molecule has 2 rings (SSSR count). The van der Waals surface area contributed by atoms with Crippen LogP contribution in [-0.2, 0) is 9.59 Å². The number of rotatable bonds is 6. The topological polar surface area (TPSA) is 99.5 Å². The van der Waals surface area contributed by atoms with E-state index in [9.17, 15) is 14.4 Å². The van der Waals surface area contributed by atoms with Gasteiger partial charge in [-0.25, -0.2) is 0 Å². The Morgan fingerprint density at radius 1 is 1.15 bits per heavy atom. The molecule has 1 aromatic carbocycles. The van der Waals surface area contributed by atoms with Gasteiger partial charge in [-0.1, -0.05) is 32.0 Å². The zero-order valence-electron chi connectivity index (χ0n) is 15.7. The molecule has 0 bridgehead atoms. The number of hydrogen-bond donors (Lipinski definition) is 2. The number of amides is 3. The van der Waals surface area contributed by atoms with Gasteiger partial charge in [0.2, 0.25) is 11.8 Å². The molecule has 0 fully saturated rings. The SMILES string of the molecule is CC(C)C[C@H](N)C(=O)N(CC(=O)N(C)C)C(=O)c1cc2ccccc2[nH]1. The standard InChI is InChI=1S/C19H26N4O3/c1-12(2)9-14(20)18(25)23(11-17(24)22(3)4)19(26)16-10-13-7-5-6-8-15(13)21-16/h5-8,10,12,14,21H,9,11,20H2,1-4H3/t14-/m0/s1. The van der Waals surface area contributed by atoms with Crippen molar-refractivity contribution < 1.29 is 14.4 Å². The molecule has 2 aromatic rings. The molecule has 1 aromatic heterocycles. The maximum Gasteiger partial charge on any atom is 0.277 e. The Kier molecular flexibility index (Phi) is 6.15. The van der Waals surface area contributed by atoms with Gasteiger partial charge >= 0.3 is 0 Å². The van der Waals surface area contributed by atoms with Crippen molar-refractivity contribution in [2.45, 2.75) is 26.3 Å². The lowest BCUT2D eigenvalue weighted by Crippen LogP contribution is -2.50. The van der Waals surface area contributed by atoms with Crippen LogP contribution in [0.15, 0.2) is 30.3 Å². The van der Waals surface area contributed by atoms with Crippen molar-refractivity contribution in [2.75, 3.05) is 20.6 Å². The molecule has 0 spiro atoms. The second-order valence-corrected chi connectivity index (χ2v) is 7.02. The third kappa shape index (κ3) is 4.49. The maximum atomic E-state index is 13.0. The number of fused-ring (bicyclic) bond motifs is 1. The number of nitrogens with zero attached hydrogens (tertiary/aromatic N) is 2. The number of aromatic amines is 1. The summed E-state index contributed by atoms with van der Waals surface area (Å²) in [5, 5.41) is 0.855. The van der Waals surface area contributed by atoms with E-state index in [1.54, 1.807) is 20.2 Å². The first-order valence-corrected chi connectivity index (χ1v) is 8.60. The van der Waals surface area contributed by atoms with Gasteiger partial charge in [0.05, 0.1) is 6.04 Å². The molecule has 7 nitrogen and oxygen atoms in total.